The summed E-state index contributed by atoms with van der Waals surface area (Å²) < 4.78 is 0. The zero-order valence-corrected chi connectivity index (χ0v) is 7.07. The van der Waals surface area contributed by atoms with Gasteiger partial charge in [-0.15, -0.1) is 0 Å². The third-order valence-corrected chi connectivity index (χ3v) is 1.40. The Morgan fingerprint density at radius 2 is 2.00 bits per heavy atom. The topological polar surface area (TPSA) is 29.1 Å². The van der Waals surface area contributed by atoms with E-state index in [0.717, 1.165) is 25.8 Å². The normalized spacial score (nSPS) is 19.3. The first-order valence-corrected chi connectivity index (χ1v) is 3.16. The molecule has 1 fully saturated rings. The van der Waals surface area contributed by atoms with Crippen LogP contribution in [0.25, 0.3) is 0 Å². The van der Waals surface area contributed by atoms with Crippen LogP contribution in [0.2, 0.25) is 0 Å². The summed E-state index contributed by atoms with van der Waals surface area (Å²) in [6.45, 7) is 0.888. The molecule has 0 saturated carbocycles. The first-order chi connectivity index (χ1) is 3.89. The molecule has 0 aromatic heterocycles. The Morgan fingerprint density at radius 1 is 1.22 bits per heavy atom. The summed E-state index contributed by atoms with van der Waals surface area (Å²) in [6.07, 6.45) is 4.18. The van der Waals surface area contributed by atoms with E-state index in [0.29, 0.717) is 0 Å². The van der Waals surface area contributed by atoms with E-state index in [9.17, 15) is 4.79 Å². The third-order valence-electron chi connectivity index (χ3n) is 1.40. The molecule has 1 rings (SSSR count). The number of carbonyl (C=O) groups excluding carboxylic acids is 1. The van der Waals surface area contributed by atoms with E-state index in [-0.39, 0.29) is 29.0 Å². The van der Waals surface area contributed by atoms with Gasteiger partial charge in [-0.25, -0.2) is 0 Å². The molecular formula is C6H11MgNO+2. The van der Waals surface area contributed by atoms with Gasteiger partial charge >= 0.3 is 23.1 Å². The minimum Gasteiger partial charge on any atom is -0.356 e. The molecule has 46 valence electrons. The summed E-state index contributed by atoms with van der Waals surface area (Å²) in [4.78, 5) is 10.6. The summed E-state index contributed by atoms with van der Waals surface area (Å²) >= 11 is 0. The quantitative estimate of drug-likeness (QED) is 0.478. The molecule has 0 aliphatic carbocycles. The predicted octanol–water partition coefficient (Wildman–Crippen LogP) is 0.296. The first kappa shape index (κ1) is 9.24. The van der Waals surface area contributed by atoms with Crippen molar-refractivity contribution in [3.63, 3.8) is 0 Å². The number of hydrogen-bond donors (Lipinski definition) is 1. The molecule has 0 bridgehead atoms. The monoisotopic (exact) mass is 137 g/mol. The van der Waals surface area contributed by atoms with E-state index in [2.05, 4.69) is 5.32 Å². The first-order valence-electron chi connectivity index (χ1n) is 3.16. The van der Waals surface area contributed by atoms with E-state index in [1.165, 1.54) is 6.42 Å². The molecule has 0 spiro atoms. The molecule has 1 amide bonds. The van der Waals surface area contributed by atoms with Gasteiger partial charge in [-0.1, -0.05) is 6.42 Å². The van der Waals surface area contributed by atoms with Gasteiger partial charge < -0.3 is 5.32 Å². The number of amides is 1. The minimum atomic E-state index is 0. The molecule has 0 aromatic rings. The SMILES string of the molecule is O=C1CCCCCN1.[Mg+2]. The molecule has 1 saturated heterocycles. The Kier molecular flexibility index (Phi) is 5.19. The van der Waals surface area contributed by atoms with Crippen molar-refractivity contribution in [2.24, 2.45) is 0 Å². The summed E-state index contributed by atoms with van der Waals surface area (Å²) in [5.41, 5.74) is 0. The van der Waals surface area contributed by atoms with Gasteiger partial charge in [-0.2, -0.15) is 0 Å². The van der Waals surface area contributed by atoms with Crippen molar-refractivity contribution in [2.75, 3.05) is 6.54 Å². The second kappa shape index (κ2) is 5.06. The van der Waals surface area contributed by atoms with E-state index in [4.69, 9.17) is 0 Å². The van der Waals surface area contributed by atoms with Crippen LogP contribution < -0.4 is 5.32 Å². The second-order valence-electron chi connectivity index (χ2n) is 2.16. The maximum atomic E-state index is 10.6. The Hall–Kier alpha value is 0.236. The van der Waals surface area contributed by atoms with Crippen LogP contribution in [0.1, 0.15) is 25.7 Å². The maximum Gasteiger partial charge on any atom is 2.00 e. The molecule has 3 heteroatoms. The summed E-state index contributed by atoms with van der Waals surface area (Å²) in [5, 5.41) is 2.81. The fraction of sp³-hybridized carbons (Fsp3) is 0.833. The molecule has 0 radical (unpaired) electrons. The van der Waals surface area contributed by atoms with Crippen LogP contribution in [-0.4, -0.2) is 35.5 Å². The third kappa shape index (κ3) is 3.75. The van der Waals surface area contributed by atoms with E-state index < -0.39 is 0 Å². The van der Waals surface area contributed by atoms with Crippen molar-refractivity contribution in [1.82, 2.24) is 5.32 Å². The standard InChI is InChI=1S/C6H11NO.Mg/c8-6-4-2-1-3-5-7-6;/h1-5H2,(H,7,8);/q;+2. The zero-order chi connectivity index (χ0) is 5.82. The van der Waals surface area contributed by atoms with Crippen LogP contribution >= 0.6 is 0 Å². The van der Waals surface area contributed by atoms with Crippen LogP contribution in [-0.2, 0) is 4.79 Å². The van der Waals surface area contributed by atoms with Gasteiger partial charge in [0.1, 0.15) is 0 Å². The zero-order valence-electron chi connectivity index (χ0n) is 5.65. The van der Waals surface area contributed by atoms with Crippen molar-refractivity contribution in [2.45, 2.75) is 25.7 Å². The summed E-state index contributed by atoms with van der Waals surface area (Å²) in [7, 11) is 0. The van der Waals surface area contributed by atoms with Crippen molar-refractivity contribution >= 4 is 29.0 Å². The molecule has 0 atom stereocenters. The van der Waals surface area contributed by atoms with Crippen LogP contribution in [0.4, 0.5) is 0 Å². The molecule has 1 aliphatic heterocycles. The fourth-order valence-electron chi connectivity index (χ4n) is 0.904. The summed E-state index contributed by atoms with van der Waals surface area (Å²) in [5.74, 6) is 0.225. The average molecular weight is 137 g/mol. The van der Waals surface area contributed by atoms with Crippen LogP contribution in [0.15, 0.2) is 0 Å². The Bertz CT molecular complexity index is 85.1. The smallest absolute Gasteiger partial charge is 0.356 e. The average Bonchev–Trinajstić information content (AvgIpc) is 1.94. The molecule has 1 aliphatic rings. The molecule has 2 nitrogen and oxygen atoms in total. The van der Waals surface area contributed by atoms with Gasteiger partial charge in [0, 0.05) is 13.0 Å². The second-order valence-corrected chi connectivity index (χ2v) is 2.16. The molecule has 9 heavy (non-hydrogen) atoms. The van der Waals surface area contributed by atoms with Crippen molar-refractivity contribution in [3.05, 3.63) is 0 Å². The predicted molar refractivity (Wildman–Crippen MR) is 37.2 cm³/mol. The Balaban J connectivity index is 0.000000640. The van der Waals surface area contributed by atoms with Crippen molar-refractivity contribution in [1.29, 1.82) is 0 Å². The van der Waals surface area contributed by atoms with Crippen LogP contribution in [0.3, 0.4) is 0 Å². The maximum absolute atomic E-state index is 10.6. The number of nitrogens with one attached hydrogen (secondary N) is 1. The van der Waals surface area contributed by atoms with Crippen molar-refractivity contribution < 1.29 is 4.79 Å². The van der Waals surface area contributed by atoms with Gasteiger partial charge in [-0.3, -0.25) is 4.79 Å². The van der Waals surface area contributed by atoms with E-state index >= 15 is 0 Å². The fourth-order valence-corrected chi connectivity index (χ4v) is 0.904. The molecular weight excluding hydrogens is 126 g/mol. The van der Waals surface area contributed by atoms with E-state index in [1.807, 2.05) is 0 Å². The van der Waals surface area contributed by atoms with Gasteiger partial charge in [0.25, 0.3) is 0 Å². The van der Waals surface area contributed by atoms with Crippen molar-refractivity contribution in [3.8, 4) is 0 Å². The molecule has 1 heterocycles. The largest absolute Gasteiger partial charge is 2.00 e. The number of carbonyl (C=O) groups is 1. The van der Waals surface area contributed by atoms with Gasteiger partial charge in [0.15, 0.2) is 0 Å². The number of hydrogen-bond acceptors (Lipinski definition) is 1. The van der Waals surface area contributed by atoms with E-state index in [1.54, 1.807) is 0 Å². The van der Waals surface area contributed by atoms with Crippen LogP contribution in [0, 0.1) is 0 Å². The Labute approximate surface area is 71.5 Å². The molecule has 1 N–H and O–H groups in total. The van der Waals surface area contributed by atoms with Gasteiger partial charge in [-0.05, 0) is 12.8 Å². The summed E-state index contributed by atoms with van der Waals surface area (Å²) in [6, 6.07) is 0. The minimum absolute atomic E-state index is 0. The molecule has 0 aromatic carbocycles. The van der Waals surface area contributed by atoms with Gasteiger partial charge in [0.2, 0.25) is 5.91 Å². The Morgan fingerprint density at radius 3 is 2.78 bits per heavy atom. The van der Waals surface area contributed by atoms with Gasteiger partial charge in [0.05, 0.1) is 0 Å². The number of rotatable bonds is 0. The molecule has 0 unspecified atom stereocenters. The van der Waals surface area contributed by atoms with Crippen LogP contribution in [0.5, 0.6) is 0 Å².